The number of benzene rings is 2. The Balaban J connectivity index is 2.20. The van der Waals surface area contributed by atoms with Crippen LogP contribution in [0.1, 0.15) is 12.5 Å². The van der Waals surface area contributed by atoms with E-state index in [1.807, 2.05) is 42.5 Å². The lowest BCUT2D eigenvalue weighted by Gasteiger charge is -2.20. The molecule has 0 saturated carbocycles. The largest absolute Gasteiger partial charge is 0.480 e. The Morgan fingerprint density at radius 2 is 1.87 bits per heavy atom. The summed E-state index contributed by atoms with van der Waals surface area (Å²) in [4.78, 5) is 27.7. The smallest absolute Gasteiger partial charge is 0.320 e. The first-order chi connectivity index (χ1) is 14.3. The van der Waals surface area contributed by atoms with Gasteiger partial charge in [0.05, 0.1) is 6.04 Å². The van der Waals surface area contributed by atoms with E-state index in [0.717, 1.165) is 16.7 Å². The number of aliphatic imine (C=N–C) groups is 1. The minimum absolute atomic E-state index is 0.0754. The van der Waals surface area contributed by atoms with E-state index in [1.54, 1.807) is 6.07 Å². The monoisotopic (exact) mass is 430 g/mol. The van der Waals surface area contributed by atoms with Gasteiger partial charge in [-0.05, 0) is 42.2 Å². The molecule has 2 atom stereocenters. The molecule has 2 aromatic carbocycles. The first-order valence-corrected chi connectivity index (χ1v) is 9.44. The third-order valence-corrected chi connectivity index (χ3v) is 4.52. The first-order valence-electron chi connectivity index (χ1n) is 9.06. The molecular weight excluding hydrogens is 408 g/mol. The van der Waals surface area contributed by atoms with Crippen LogP contribution >= 0.6 is 11.6 Å². The fraction of sp³-hybridized carbons (Fsp3) is 0.250. The van der Waals surface area contributed by atoms with Crippen LogP contribution in [0.5, 0.6) is 0 Å². The minimum Gasteiger partial charge on any atom is -0.480 e. The highest BCUT2D eigenvalue weighted by Crippen LogP contribution is 2.23. The number of nitrogens with zero attached hydrogens (tertiary/aromatic N) is 3. The third kappa shape index (κ3) is 6.64. The molecule has 10 heteroatoms. The topological polar surface area (TPSA) is 142 Å². The minimum atomic E-state index is -1.07. The van der Waals surface area contributed by atoms with Gasteiger partial charge in [-0.2, -0.15) is 0 Å². The van der Waals surface area contributed by atoms with Crippen LogP contribution in [0.2, 0.25) is 5.02 Å². The number of nitrogens with one attached hydrogen (secondary N) is 2. The SMILES string of the molecule is CN=C(N=NN)NC(=O)[C@H](Cc1ccc(-c2cccc(Cl)c2)cc1)N[C@@H](C)C(=O)O. The quantitative estimate of drug-likeness (QED) is 0.175. The number of carbonyl (C=O) groups is 2. The lowest BCUT2D eigenvalue weighted by Crippen LogP contribution is -2.52. The lowest BCUT2D eigenvalue weighted by molar-refractivity contribution is -0.139. The lowest BCUT2D eigenvalue weighted by atomic mass is 10.00. The van der Waals surface area contributed by atoms with Crippen molar-refractivity contribution in [1.82, 2.24) is 10.6 Å². The van der Waals surface area contributed by atoms with Crippen molar-refractivity contribution in [3.8, 4) is 11.1 Å². The number of hydrogen-bond acceptors (Lipinski definition) is 5. The van der Waals surface area contributed by atoms with Crippen molar-refractivity contribution in [2.75, 3.05) is 7.05 Å². The number of amides is 1. The molecule has 0 fully saturated rings. The van der Waals surface area contributed by atoms with Crippen LogP contribution in [0, 0.1) is 0 Å². The Morgan fingerprint density at radius 1 is 1.17 bits per heavy atom. The number of carboxylic acids is 1. The van der Waals surface area contributed by atoms with E-state index in [0.29, 0.717) is 5.02 Å². The Labute approximate surface area is 179 Å². The summed E-state index contributed by atoms with van der Waals surface area (Å²) in [6.45, 7) is 1.46. The van der Waals surface area contributed by atoms with Crippen molar-refractivity contribution in [2.24, 2.45) is 21.2 Å². The number of carbonyl (C=O) groups excluding carboxylic acids is 1. The highest BCUT2D eigenvalue weighted by atomic mass is 35.5. The van der Waals surface area contributed by atoms with Crippen molar-refractivity contribution < 1.29 is 14.7 Å². The van der Waals surface area contributed by atoms with Gasteiger partial charge in [0.25, 0.3) is 0 Å². The molecule has 0 aromatic heterocycles. The molecule has 0 aliphatic heterocycles. The van der Waals surface area contributed by atoms with Gasteiger partial charge in [-0.1, -0.05) is 58.3 Å². The average Bonchev–Trinajstić information content (AvgIpc) is 2.73. The van der Waals surface area contributed by atoms with E-state index in [2.05, 4.69) is 26.0 Å². The highest BCUT2D eigenvalue weighted by molar-refractivity contribution is 6.30. The zero-order valence-electron chi connectivity index (χ0n) is 16.5. The second kappa shape index (κ2) is 11.0. The van der Waals surface area contributed by atoms with E-state index in [4.69, 9.17) is 17.4 Å². The van der Waals surface area contributed by atoms with Crippen LogP contribution in [0.25, 0.3) is 11.1 Å². The molecule has 0 aliphatic rings. The second-order valence-corrected chi connectivity index (χ2v) is 6.88. The van der Waals surface area contributed by atoms with Gasteiger partial charge in [0, 0.05) is 12.1 Å². The van der Waals surface area contributed by atoms with Crippen molar-refractivity contribution in [3.05, 3.63) is 59.1 Å². The summed E-state index contributed by atoms with van der Waals surface area (Å²) in [5.41, 5.74) is 2.77. The van der Waals surface area contributed by atoms with Crippen LogP contribution in [-0.2, 0) is 16.0 Å². The number of hydrogen-bond donors (Lipinski definition) is 4. The fourth-order valence-electron chi connectivity index (χ4n) is 2.72. The van der Waals surface area contributed by atoms with Gasteiger partial charge in [0.2, 0.25) is 11.9 Å². The molecule has 5 N–H and O–H groups in total. The molecule has 0 aliphatic carbocycles. The molecule has 1 amide bonds. The van der Waals surface area contributed by atoms with Crippen LogP contribution < -0.4 is 16.5 Å². The van der Waals surface area contributed by atoms with E-state index in [9.17, 15) is 14.7 Å². The van der Waals surface area contributed by atoms with Gasteiger partial charge < -0.3 is 10.9 Å². The number of carboxylic acid groups (broad SMARTS) is 1. The maximum Gasteiger partial charge on any atom is 0.320 e. The van der Waals surface area contributed by atoms with Gasteiger partial charge in [-0.25, -0.2) is 0 Å². The average molecular weight is 431 g/mol. The molecule has 0 spiro atoms. The summed E-state index contributed by atoms with van der Waals surface area (Å²) in [6.07, 6.45) is 0.246. The molecule has 0 heterocycles. The number of nitrogens with two attached hydrogens (primary N) is 1. The Hall–Kier alpha value is -3.30. The van der Waals surface area contributed by atoms with E-state index >= 15 is 0 Å². The van der Waals surface area contributed by atoms with Crippen LogP contribution in [0.3, 0.4) is 0 Å². The predicted molar refractivity (Wildman–Crippen MR) is 115 cm³/mol. The maximum atomic E-state index is 12.7. The van der Waals surface area contributed by atoms with Gasteiger partial charge in [-0.3, -0.25) is 25.2 Å². The second-order valence-electron chi connectivity index (χ2n) is 6.44. The van der Waals surface area contributed by atoms with Crippen LogP contribution in [0.15, 0.2) is 63.9 Å². The molecule has 0 saturated heterocycles. The van der Waals surface area contributed by atoms with E-state index in [1.165, 1.54) is 14.0 Å². The molecule has 0 unspecified atom stereocenters. The van der Waals surface area contributed by atoms with Crippen molar-refractivity contribution in [3.63, 3.8) is 0 Å². The first kappa shape index (κ1) is 23.0. The number of rotatable bonds is 7. The summed E-state index contributed by atoms with van der Waals surface area (Å²) in [5, 5.41) is 21.7. The Morgan fingerprint density at radius 3 is 2.43 bits per heavy atom. The summed E-state index contributed by atoms with van der Waals surface area (Å²) >= 11 is 6.05. The van der Waals surface area contributed by atoms with Gasteiger partial charge >= 0.3 is 5.97 Å². The summed E-state index contributed by atoms with van der Waals surface area (Å²) in [5.74, 6) is 3.34. The van der Waals surface area contributed by atoms with Crippen molar-refractivity contribution in [2.45, 2.75) is 25.4 Å². The molecule has 2 rings (SSSR count). The summed E-state index contributed by atoms with van der Waals surface area (Å²) in [7, 11) is 1.42. The van der Waals surface area contributed by atoms with E-state index < -0.39 is 24.0 Å². The molecule has 158 valence electrons. The summed E-state index contributed by atoms with van der Waals surface area (Å²) < 4.78 is 0. The molecule has 30 heavy (non-hydrogen) atoms. The predicted octanol–water partition coefficient (Wildman–Crippen LogP) is 2.41. The molecule has 0 bridgehead atoms. The van der Waals surface area contributed by atoms with Gasteiger partial charge in [0.1, 0.15) is 6.04 Å². The van der Waals surface area contributed by atoms with E-state index in [-0.39, 0.29) is 12.4 Å². The molecule has 2 aromatic rings. The normalized spacial score (nSPS) is 13.8. The number of aliphatic carboxylic acids is 1. The van der Waals surface area contributed by atoms with Crippen molar-refractivity contribution in [1.29, 1.82) is 0 Å². The molecule has 9 nitrogen and oxygen atoms in total. The maximum absolute atomic E-state index is 12.7. The number of guanidine groups is 1. The zero-order valence-corrected chi connectivity index (χ0v) is 17.3. The highest BCUT2D eigenvalue weighted by Gasteiger charge is 2.24. The summed E-state index contributed by atoms with van der Waals surface area (Å²) in [6, 6.07) is 13.3. The standard InChI is InChI=1S/C20H23ClN6O3/c1-12(19(29)30)24-17(18(28)25-20(23-2)26-27-22)10-13-6-8-14(9-7-13)15-4-3-5-16(21)11-15/h3-9,11-12,17,24H,10H2,1-2H3,(H,29,30)(H3,22,23,25,26,28)/t12-,17-/m0/s1. The number of halogens is 1. The van der Waals surface area contributed by atoms with Crippen LogP contribution in [-0.4, -0.2) is 42.1 Å². The molecule has 0 radical (unpaired) electrons. The molecular formula is C20H23ClN6O3. The third-order valence-electron chi connectivity index (χ3n) is 4.29. The Bertz CT molecular complexity index is 946. The zero-order chi connectivity index (χ0) is 22.1. The van der Waals surface area contributed by atoms with Gasteiger partial charge in [-0.15, -0.1) is 0 Å². The Kier molecular flexibility index (Phi) is 8.45. The van der Waals surface area contributed by atoms with Crippen molar-refractivity contribution >= 4 is 29.4 Å². The van der Waals surface area contributed by atoms with Crippen LogP contribution in [0.4, 0.5) is 0 Å². The fourth-order valence-corrected chi connectivity index (χ4v) is 2.91. The van der Waals surface area contributed by atoms with Gasteiger partial charge in [0.15, 0.2) is 0 Å².